The van der Waals surface area contributed by atoms with Gasteiger partial charge in [-0.3, -0.25) is 0 Å². The Balaban J connectivity index is 1.54. The Bertz CT molecular complexity index is 1930. The highest BCUT2D eigenvalue weighted by Gasteiger charge is 2.22. The van der Waals surface area contributed by atoms with Gasteiger partial charge in [-0.25, -0.2) is 0 Å². The number of benzene rings is 5. The van der Waals surface area contributed by atoms with Crippen LogP contribution in [0, 0.1) is 0 Å². The van der Waals surface area contributed by atoms with Crippen LogP contribution in [0.5, 0.6) is 5.75 Å². The van der Waals surface area contributed by atoms with Crippen molar-refractivity contribution in [3.8, 4) is 39.4 Å². The summed E-state index contributed by atoms with van der Waals surface area (Å²) in [5, 5.41) is 4.97. The molecular formula is C36H26NO+. The zero-order valence-corrected chi connectivity index (χ0v) is 21.1. The minimum Gasteiger partial charge on any atom is -0.497 e. The van der Waals surface area contributed by atoms with E-state index in [0.29, 0.717) is 0 Å². The number of pyridine rings is 2. The molecule has 0 aliphatic rings. The second-order valence-corrected chi connectivity index (χ2v) is 9.58. The molecule has 2 heterocycles. The number of hydrogen-bond donors (Lipinski definition) is 0. The molecule has 0 saturated heterocycles. The predicted octanol–water partition coefficient (Wildman–Crippen LogP) is 8.74. The minimum absolute atomic E-state index is 0.854. The number of methoxy groups -OCH3 is 1. The minimum atomic E-state index is 0.854. The third-order valence-electron chi connectivity index (χ3n) is 7.41. The average molecular weight is 489 g/mol. The Kier molecular flexibility index (Phi) is 5.37. The van der Waals surface area contributed by atoms with Gasteiger partial charge >= 0.3 is 0 Å². The molecule has 0 radical (unpaired) electrons. The van der Waals surface area contributed by atoms with Crippen molar-refractivity contribution in [2.24, 2.45) is 0 Å². The van der Waals surface area contributed by atoms with Crippen molar-refractivity contribution in [3.63, 3.8) is 0 Å². The quantitative estimate of drug-likeness (QED) is 0.178. The van der Waals surface area contributed by atoms with Crippen LogP contribution < -0.4 is 9.14 Å². The van der Waals surface area contributed by atoms with Gasteiger partial charge in [-0.2, -0.15) is 4.40 Å². The van der Waals surface area contributed by atoms with Crippen molar-refractivity contribution in [2.75, 3.05) is 7.11 Å². The van der Waals surface area contributed by atoms with Gasteiger partial charge in [0.15, 0.2) is 0 Å². The largest absolute Gasteiger partial charge is 0.497 e. The zero-order valence-electron chi connectivity index (χ0n) is 21.1. The van der Waals surface area contributed by atoms with Crippen molar-refractivity contribution in [1.82, 2.24) is 0 Å². The molecule has 0 fully saturated rings. The zero-order chi connectivity index (χ0) is 25.5. The third kappa shape index (κ3) is 3.70. The lowest BCUT2D eigenvalue weighted by Gasteiger charge is -2.11. The summed E-state index contributed by atoms with van der Waals surface area (Å²) < 4.78 is 7.82. The maximum atomic E-state index is 5.42. The van der Waals surface area contributed by atoms with Crippen LogP contribution >= 0.6 is 0 Å². The first kappa shape index (κ1) is 22.3. The molecule has 5 aromatic carbocycles. The fraction of sp³-hybridized carbons (Fsp3) is 0.0278. The molecule has 7 rings (SSSR count). The fourth-order valence-corrected chi connectivity index (χ4v) is 5.55. The Hall–Kier alpha value is -4.95. The van der Waals surface area contributed by atoms with Gasteiger partial charge in [0.25, 0.3) is 0 Å². The molecule has 2 nitrogen and oxygen atoms in total. The molecule has 0 N–H and O–H groups in total. The second-order valence-electron chi connectivity index (χ2n) is 9.58. The molecule has 2 heteroatoms. The summed E-state index contributed by atoms with van der Waals surface area (Å²) >= 11 is 0. The van der Waals surface area contributed by atoms with Crippen LogP contribution in [0.2, 0.25) is 0 Å². The first-order valence-electron chi connectivity index (χ1n) is 12.9. The maximum absolute atomic E-state index is 5.42. The lowest BCUT2D eigenvalue weighted by atomic mass is 9.95. The lowest BCUT2D eigenvalue weighted by molar-refractivity contribution is -0.485. The Morgan fingerprint density at radius 2 is 1.18 bits per heavy atom. The summed E-state index contributed by atoms with van der Waals surface area (Å²) in [5.74, 6) is 0.854. The summed E-state index contributed by atoms with van der Waals surface area (Å²) in [6.07, 6.45) is 0. The number of ether oxygens (including phenoxy) is 1. The Labute approximate surface area is 222 Å². The third-order valence-corrected chi connectivity index (χ3v) is 7.41. The van der Waals surface area contributed by atoms with Crippen LogP contribution in [0.25, 0.3) is 60.7 Å². The Morgan fingerprint density at radius 1 is 0.474 bits per heavy atom. The van der Waals surface area contributed by atoms with Crippen molar-refractivity contribution in [1.29, 1.82) is 0 Å². The summed E-state index contributed by atoms with van der Waals surface area (Å²) in [6.45, 7) is 0. The molecule has 0 aliphatic heterocycles. The van der Waals surface area contributed by atoms with Crippen LogP contribution in [0.15, 0.2) is 140 Å². The molecule has 0 atom stereocenters. The van der Waals surface area contributed by atoms with E-state index in [1.54, 1.807) is 7.11 Å². The maximum Gasteiger partial charge on any atom is 0.219 e. The number of rotatable bonds is 4. The topological polar surface area (TPSA) is 13.3 Å². The molecule has 0 unspecified atom stereocenters. The second kappa shape index (κ2) is 9.17. The van der Waals surface area contributed by atoms with Crippen LogP contribution in [0.3, 0.4) is 0 Å². The normalized spacial score (nSPS) is 11.3. The molecule has 0 aliphatic carbocycles. The molecule has 0 bridgehead atoms. The van der Waals surface area contributed by atoms with Crippen molar-refractivity contribution in [3.05, 3.63) is 140 Å². The molecular weight excluding hydrogens is 462 g/mol. The molecule has 7 aromatic rings. The van der Waals surface area contributed by atoms with Crippen molar-refractivity contribution < 1.29 is 9.14 Å². The monoisotopic (exact) mass is 488 g/mol. The van der Waals surface area contributed by atoms with Crippen molar-refractivity contribution >= 4 is 27.1 Å². The van der Waals surface area contributed by atoms with Gasteiger partial charge < -0.3 is 4.74 Å². The van der Waals surface area contributed by atoms with E-state index in [1.165, 1.54) is 43.8 Å². The van der Waals surface area contributed by atoms with E-state index >= 15 is 0 Å². The molecule has 38 heavy (non-hydrogen) atoms. The average Bonchev–Trinajstić information content (AvgIpc) is 3.00. The highest BCUT2D eigenvalue weighted by molar-refractivity contribution is 6.02. The van der Waals surface area contributed by atoms with Gasteiger partial charge in [-0.15, -0.1) is 0 Å². The molecule has 0 amide bonds. The van der Waals surface area contributed by atoms with Gasteiger partial charge in [-0.1, -0.05) is 72.8 Å². The van der Waals surface area contributed by atoms with E-state index in [1.807, 2.05) is 12.1 Å². The number of aromatic nitrogens is 1. The molecule has 180 valence electrons. The lowest BCUT2D eigenvalue weighted by Crippen LogP contribution is -2.28. The van der Waals surface area contributed by atoms with E-state index < -0.39 is 0 Å². The standard InChI is InChI=1S/C36H26NO/c1-38-30-21-19-27(20-22-30)34-15-8-16-35-33-23-28(32-14-7-12-25-9-5-6-13-31(25)32)17-18-29(33)24-36(37(34)35)26-10-3-2-4-11-26/h2-24H,1H3/q+1. The first-order chi connectivity index (χ1) is 18.8. The molecule has 0 saturated carbocycles. The smallest absolute Gasteiger partial charge is 0.219 e. The van der Waals surface area contributed by atoms with Crippen LogP contribution in [-0.2, 0) is 0 Å². The number of hydrogen-bond acceptors (Lipinski definition) is 1. The van der Waals surface area contributed by atoms with E-state index in [2.05, 4.69) is 132 Å². The van der Waals surface area contributed by atoms with E-state index in [0.717, 1.165) is 22.7 Å². The summed E-state index contributed by atoms with van der Waals surface area (Å²) in [6, 6.07) is 49.9. The molecule has 0 spiro atoms. The van der Waals surface area contributed by atoms with Gasteiger partial charge in [0, 0.05) is 29.3 Å². The van der Waals surface area contributed by atoms with Crippen LogP contribution in [0.1, 0.15) is 0 Å². The highest BCUT2D eigenvalue weighted by atomic mass is 16.5. The number of nitrogens with zero attached hydrogens (tertiary/aromatic N) is 1. The fourth-order valence-electron chi connectivity index (χ4n) is 5.55. The summed E-state index contributed by atoms with van der Waals surface area (Å²) in [5.41, 5.74) is 8.28. The predicted molar refractivity (Wildman–Crippen MR) is 157 cm³/mol. The first-order valence-corrected chi connectivity index (χ1v) is 12.9. The Morgan fingerprint density at radius 3 is 2.03 bits per heavy atom. The van der Waals surface area contributed by atoms with E-state index in [-0.39, 0.29) is 0 Å². The van der Waals surface area contributed by atoms with Crippen LogP contribution in [-0.4, -0.2) is 7.11 Å². The molecule has 2 aromatic heterocycles. The van der Waals surface area contributed by atoms with Gasteiger partial charge in [0.2, 0.25) is 16.9 Å². The van der Waals surface area contributed by atoms with E-state index in [9.17, 15) is 0 Å². The SMILES string of the molecule is COc1ccc(-c2cccc3c4cc(-c5cccc6ccccc56)ccc4cc(-c4ccccc4)[n+]23)cc1. The van der Waals surface area contributed by atoms with Gasteiger partial charge in [0.1, 0.15) is 5.75 Å². The summed E-state index contributed by atoms with van der Waals surface area (Å²) in [7, 11) is 1.70. The number of fused-ring (bicyclic) bond motifs is 4. The van der Waals surface area contributed by atoms with Gasteiger partial charge in [-0.05, 0) is 75.8 Å². The van der Waals surface area contributed by atoms with Gasteiger partial charge in [0.05, 0.1) is 12.5 Å². The van der Waals surface area contributed by atoms with Crippen molar-refractivity contribution in [2.45, 2.75) is 0 Å². The summed E-state index contributed by atoms with van der Waals surface area (Å²) in [4.78, 5) is 0. The van der Waals surface area contributed by atoms with Crippen LogP contribution in [0.4, 0.5) is 0 Å². The van der Waals surface area contributed by atoms with E-state index in [4.69, 9.17) is 4.74 Å². The highest BCUT2D eigenvalue weighted by Crippen LogP contribution is 2.34.